The van der Waals surface area contributed by atoms with Crippen LogP contribution in [0, 0.1) is 11.6 Å². The second kappa shape index (κ2) is 6.29. The summed E-state index contributed by atoms with van der Waals surface area (Å²) in [7, 11) is 1.35. The van der Waals surface area contributed by atoms with E-state index in [1.54, 1.807) is 0 Å². The van der Waals surface area contributed by atoms with Crippen molar-refractivity contribution >= 4 is 33.6 Å². The highest BCUT2D eigenvalue weighted by Crippen LogP contribution is 2.26. The van der Waals surface area contributed by atoms with Crippen molar-refractivity contribution in [1.29, 1.82) is 0 Å². The lowest BCUT2D eigenvalue weighted by atomic mass is 10.3. The molecule has 0 atom stereocenters. The summed E-state index contributed by atoms with van der Waals surface area (Å²) in [5.74, 6) is -2.22. The van der Waals surface area contributed by atoms with E-state index in [0.29, 0.717) is 6.07 Å². The molecule has 0 heterocycles. The van der Waals surface area contributed by atoms with Crippen LogP contribution in [0.25, 0.3) is 0 Å². The predicted octanol–water partition coefficient (Wildman–Crippen LogP) is 1.59. The number of carbonyl (C=O) groups is 2. The number of rotatable bonds is 3. The second-order valence-electron chi connectivity index (χ2n) is 3.23. The molecule has 0 aliphatic carbocycles. The zero-order valence-corrected chi connectivity index (χ0v) is 10.9. The first-order chi connectivity index (χ1) is 8.43. The predicted molar refractivity (Wildman–Crippen MR) is 65.1 cm³/mol. The highest BCUT2D eigenvalue weighted by atomic mass is 79.9. The Bertz CT molecular complexity index is 459. The Hall–Kier alpha value is -1.70. The Labute approximate surface area is 110 Å². The van der Waals surface area contributed by atoms with Gasteiger partial charge in [-0.05, 0) is 22.0 Å². The van der Waals surface area contributed by atoms with Gasteiger partial charge in [0.25, 0.3) is 0 Å². The van der Waals surface area contributed by atoms with Crippen molar-refractivity contribution < 1.29 is 18.4 Å². The van der Waals surface area contributed by atoms with Crippen molar-refractivity contribution in [2.45, 2.75) is 0 Å². The van der Waals surface area contributed by atoms with Crippen molar-refractivity contribution in [3.63, 3.8) is 0 Å². The van der Waals surface area contributed by atoms with E-state index in [0.717, 1.165) is 6.07 Å². The lowest BCUT2D eigenvalue weighted by Crippen LogP contribution is -2.40. The molecular weight excluding hydrogens is 312 g/mol. The van der Waals surface area contributed by atoms with Crippen molar-refractivity contribution in [2.24, 2.45) is 0 Å². The zero-order chi connectivity index (χ0) is 13.7. The van der Waals surface area contributed by atoms with Crippen LogP contribution in [0.5, 0.6) is 0 Å². The largest absolute Gasteiger partial charge is 0.373 e. The van der Waals surface area contributed by atoms with E-state index in [9.17, 15) is 18.4 Å². The molecule has 0 aromatic heterocycles. The quantitative estimate of drug-likeness (QED) is 0.792. The molecule has 0 aliphatic rings. The monoisotopic (exact) mass is 321 g/mol. The number of urea groups is 1. The molecule has 0 saturated heterocycles. The van der Waals surface area contributed by atoms with Crippen LogP contribution in [-0.4, -0.2) is 25.5 Å². The highest BCUT2D eigenvalue weighted by Gasteiger charge is 2.11. The number of benzene rings is 1. The summed E-state index contributed by atoms with van der Waals surface area (Å²) in [5.41, 5.74) is -0.0524. The third kappa shape index (κ3) is 3.95. The summed E-state index contributed by atoms with van der Waals surface area (Å²) in [5, 5.41) is 6.64. The van der Waals surface area contributed by atoms with E-state index in [-0.39, 0.29) is 16.7 Å². The van der Waals surface area contributed by atoms with Gasteiger partial charge in [-0.3, -0.25) is 10.1 Å². The summed E-state index contributed by atoms with van der Waals surface area (Å²) in [6.07, 6.45) is 0. The minimum absolute atomic E-state index is 0.0524. The van der Waals surface area contributed by atoms with Gasteiger partial charge in [0.2, 0.25) is 5.91 Å². The third-order valence-corrected chi connectivity index (χ3v) is 2.54. The van der Waals surface area contributed by atoms with Gasteiger partial charge in [-0.2, -0.15) is 0 Å². The standard InChI is InChI=1S/C10H10BrF2N3O2/c1-14-10(18)16-8(17)4-15-9-6(11)2-5(12)3-7(9)13/h2-3,15H,4H2,1H3,(H2,14,16,17,18). The van der Waals surface area contributed by atoms with Gasteiger partial charge in [-0.1, -0.05) is 0 Å². The fourth-order valence-electron chi connectivity index (χ4n) is 1.11. The molecular formula is C10H10BrF2N3O2. The average molecular weight is 322 g/mol. The first-order valence-corrected chi connectivity index (χ1v) is 5.63. The fourth-order valence-corrected chi connectivity index (χ4v) is 1.66. The first-order valence-electron chi connectivity index (χ1n) is 4.84. The van der Waals surface area contributed by atoms with Crippen LogP contribution in [0.15, 0.2) is 16.6 Å². The molecule has 1 aromatic rings. The smallest absolute Gasteiger partial charge is 0.321 e. The van der Waals surface area contributed by atoms with Crippen molar-refractivity contribution in [1.82, 2.24) is 10.6 Å². The molecule has 18 heavy (non-hydrogen) atoms. The third-order valence-electron chi connectivity index (χ3n) is 1.91. The maximum absolute atomic E-state index is 13.3. The van der Waals surface area contributed by atoms with E-state index in [1.165, 1.54) is 7.05 Å². The highest BCUT2D eigenvalue weighted by molar-refractivity contribution is 9.10. The Balaban J connectivity index is 2.64. The zero-order valence-electron chi connectivity index (χ0n) is 9.31. The molecule has 0 radical (unpaired) electrons. The van der Waals surface area contributed by atoms with Gasteiger partial charge in [0, 0.05) is 17.6 Å². The van der Waals surface area contributed by atoms with Crippen LogP contribution in [0.4, 0.5) is 19.3 Å². The topological polar surface area (TPSA) is 70.2 Å². The minimum atomic E-state index is -0.838. The van der Waals surface area contributed by atoms with Gasteiger partial charge >= 0.3 is 6.03 Å². The van der Waals surface area contributed by atoms with Crippen LogP contribution < -0.4 is 16.0 Å². The van der Waals surface area contributed by atoms with Gasteiger partial charge in [0.15, 0.2) is 0 Å². The first kappa shape index (κ1) is 14.4. The number of imide groups is 1. The molecule has 5 nitrogen and oxygen atoms in total. The van der Waals surface area contributed by atoms with E-state index >= 15 is 0 Å². The lowest BCUT2D eigenvalue weighted by Gasteiger charge is -2.09. The van der Waals surface area contributed by atoms with E-state index in [4.69, 9.17) is 0 Å². The molecule has 0 saturated carbocycles. The van der Waals surface area contributed by atoms with Crippen LogP contribution in [-0.2, 0) is 4.79 Å². The molecule has 8 heteroatoms. The molecule has 1 rings (SSSR count). The molecule has 0 unspecified atom stereocenters. The molecule has 3 N–H and O–H groups in total. The summed E-state index contributed by atoms with van der Waals surface area (Å²) >= 11 is 2.96. The number of amides is 3. The number of hydrogen-bond donors (Lipinski definition) is 3. The molecule has 0 spiro atoms. The maximum Gasteiger partial charge on any atom is 0.321 e. The number of anilines is 1. The Morgan fingerprint density at radius 2 is 2.00 bits per heavy atom. The van der Waals surface area contributed by atoms with E-state index in [1.807, 2.05) is 5.32 Å². The van der Waals surface area contributed by atoms with Crippen molar-refractivity contribution in [3.8, 4) is 0 Å². The Kier molecular flexibility index (Phi) is 5.02. The summed E-state index contributed by atoms with van der Waals surface area (Å²) in [4.78, 5) is 22.0. The Morgan fingerprint density at radius 3 is 2.56 bits per heavy atom. The number of halogens is 3. The molecule has 1 aromatic carbocycles. The van der Waals surface area contributed by atoms with Crippen LogP contribution in [0.2, 0.25) is 0 Å². The summed E-state index contributed by atoms with van der Waals surface area (Å²) < 4.78 is 26.3. The summed E-state index contributed by atoms with van der Waals surface area (Å²) in [6.45, 7) is -0.325. The number of nitrogens with one attached hydrogen (secondary N) is 3. The molecule has 0 bridgehead atoms. The van der Waals surface area contributed by atoms with Crippen molar-refractivity contribution in [3.05, 3.63) is 28.2 Å². The second-order valence-corrected chi connectivity index (χ2v) is 4.08. The van der Waals surface area contributed by atoms with Crippen LogP contribution in [0.3, 0.4) is 0 Å². The van der Waals surface area contributed by atoms with Gasteiger partial charge in [-0.25, -0.2) is 13.6 Å². The van der Waals surface area contributed by atoms with Crippen molar-refractivity contribution in [2.75, 3.05) is 18.9 Å². The van der Waals surface area contributed by atoms with Crippen LogP contribution in [0.1, 0.15) is 0 Å². The van der Waals surface area contributed by atoms with E-state index in [2.05, 4.69) is 26.6 Å². The normalized spacial score (nSPS) is 9.78. The maximum atomic E-state index is 13.3. The summed E-state index contributed by atoms with van der Waals surface area (Å²) in [6, 6.07) is 1.08. The van der Waals surface area contributed by atoms with Gasteiger partial charge in [-0.15, -0.1) is 0 Å². The number of hydrogen-bond acceptors (Lipinski definition) is 3. The molecule has 98 valence electrons. The average Bonchev–Trinajstić information content (AvgIpc) is 2.27. The molecule has 0 aliphatic heterocycles. The van der Waals surface area contributed by atoms with E-state index < -0.39 is 23.6 Å². The molecule has 3 amide bonds. The number of carbonyl (C=O) groups excluding carboxylic acids is 2. The SMILES string of the molecule is CNC(=O)NC(=O)CNc1c(F)cc(F)cc1Br. The van der Waals surface area contributed by atoms with Gasteiger partial charge in [0.05, 0.1) is 12.2 Å². The minimum Gasteiger partial charge on any atom is -0.373 e. The fraction of sp³-hybridized carbons (Fsp3) is 0.200. The Morgan fingerprint density at radius 1 is 1.33 bits per heavy atom. The van der Waals surface area contributed by atoms with Gasteiger partial charge < -0.3 is 10.6 Å². The van der Waals surface area contributed by atoms with Gasteiger partial charge in [0.1, 0.15) is 11.6 Å². The van der Waals surface area contributed by atoms with Crippen LogP contribution >= 0.6 is 15.9 Å². The molecule has 0 fully saturated rings. The lowest BCUT2D eigenvalue weighted by molar-refractivity contribution is -0.118.